The monoisotopic (exact) mass is 380 g/mol. The van der Waals surface area contributed by atoms with Crippen molar-refractivity contribution in [1.29, 1.82) is 0 Å². The maximum Gasteiger partial charge on any atom is 0.347 e. The number of fused-ring (bicyclic) bond motifs is 2. The van der Waals surface area contributed by atoms with Crippen LogP contribution in [0.25, 0.3) is 22.1 Å². The molecule has 2 aromatic carbocycles. The van der Waals surface area contributed by atoms with Gasteiger partial charge in [0.2, 0.25) is 0 Å². The molecule has 1 N–H and O–H groups in total. The number of aromatic hydroxyl groups is 1. The van der Waals surface area contributed by atoms with Crippen LogP contribution < -0.4 is 19.8 Å². The summed E-state index contributed by atoms with van der Waals surface area (Å²) in [6.45, 7) is 5.84. The van der Waals surface area contributed by atoms with Crippen molar-refractivity contribution in [2.24, 2.45) is 0 Å². The number of methoxy groups -OCH3 is 2. The van der Waals surface area contributed by atoms with Gasteiger partial charge in [-0.05, 0) is 30.2 Å². The van der Waals surface area contributed by atoms with E-state index in [1.165, 1.54) is 7.11 Å². The standard InChI is InChI=1S/C22H20O6/c1-11(2)15-9-14-16(27-15)10-17-19(21(14)26-4)20(23)18(22(24)28-17)12-5-7-13(25-3)8-6-12/h5-8,10,15,23H,1,9H2,2-4H3/t15-/m0/s1. The molecule has 0 bridgehead atoms. The zero-order valence-corrected chi connectivity index (χ0v) is 15.9. The van der Waals surface area contributed by atoms with Gasteiger partial charge >= 0.3 is 5.63 Å². The Bertz CT molecular complexity index is 1140. The van der Waals surface area contributed by atoms with Crippen LogP contribution in [0.5, 0.6) is 23.0 Å². The SMILES string of the molecule is C=C(C)[C@@H]1Cc2c(cc3oc(=O)c(-c4ccc(OC)cc4)c(O)c3c2OC)O1. The van der Waals surface area contributed by atoms with E-state index in [0.717, 1.165) is 11.1 Å². The van der Waals surface area contributed by atoms with Crippen molar-refractivity contribution >= 4 is 11.0 Å². The normalized spacial score (nSPS) is 15.2. The topological polar surface area (TPSA) is 78.1 Å². The Kier molecular flexibility index (Phi) is 4.26. The molecule has 1 aromatic heterocycles. The molecule has 0 saturated heterocycles. The van der Waals surface area contributed by atoms with Crippen molar-refractivity contribution in [1.82, 2.24) is 0 Å². The van der Waals surface area contributed by atoms with Crippen molar-refractivity contribution in [3.63, 3.8) is 0 Å². The molecule has 0 unspecified atom stereocenters. The van der Waals surface area contributed by atoms with Crippen molar-refractivity contribution in [3.05, 3.63) is 58.5 Å². The summed E-state index contributed by atoms with van der Waals surface area (Å²) in [7, 11) is 3.07. The second kappa shape index (κ2) is 6.64. The van der Waals surface area contributed by atoms with Gasteiger partial charge < -0.3 is 23.7 Å². The van der Waals surface area contributed by atoms with Crippen LogP contribution in [0, 0.1) is 0 Å². The van der Waals surface area contributed by atoms with Crippen LogP contribution in [0.15, 0.2) is 51.7 Å². The first-order valence-corrected chi connectivity index (χ1v) is 8.80. The highest BCUT2D eigenvalue weighted by Gasteiger charge is 2.31. The van der Waals surface area contributed by atoms with E-state index < -0.39 is 5.63 Å². The van der Waals surface area contributed by atoms with E-state index in [1.54, 1.807) is 37.4 Å². The maximum atomic E-state index is 12.6. The fraction of sp³-hybridized carbons (Fsp3) is 0.227. The van der Waals surface area contributed by atoms with Crippen LogP contribution in [0.4, 0.5) is 0 Å². The van der Waals surface area contributed by atoms with E-state index >= 15 is 0 Å². The lowest BCUT2D eigenvalue weighted by molar-refractivity contribution is 0.271. The zero-order chi connectivity index (χ0) is 20.0. The molecule has 0 spiro atoms. The minimum Gasteiger partial charge on any atom is -0.506 e. The first-order chi connectivity index (χ1) is 13.4. The molecule has 4 rings (SSSR count). The number of ether oxygens (including phenoxy) is 3. The Balaban J connectivity index is 1.97. The molecule has 0 saturated carbocycles. The fourth-order valence-electron chi connectivity index (χ4n) is 3.52. The number of rotatable bonds is 4. The average molecular weight is 380 g/mol. The minimum absolute atomic E-state index is 0.0729. The molecule has 2 heterocycles. The third-order valence-electron chi connectivity index (χ3n) is 4.98. The van der Waals surface area contributed by atoms with E-state index in [-0.39, 0.29) is 23.0 Å². The van der Waals surface area contributed by atoms with Gasteiger partial charge in [0.1, 0.15) is 45.6 Å². The molecular weight excluding hydrogens is 360 g/mol. The summed E-state index contributed by atoms with van der Waals surface area (Å²) < 4.78 is 22.2. The molecule has 1 aliphatic rings. The van der Waals surface area contributed by atoms with Gasteiger partial charge in [-0.1, -0.05) is 18.7 Å². The summed E-state index contributed by atoms with van der Waals surface area (Å²) in [4.78, 5) is 12.6. The number of hydrogen-bond donors (Lipinski definition) is 1. The van der Waals surface area contributed by atoms with E-state index in [9.17, 15) is 9.90 Å². The lowest BCUT2D eigenvalue weighted by atomic mass is 9.99. The third kappa shape index (κ3) is 2.69. The summed E-state index contributed by atoms with van der Waals surface area (Å²) >= 11 is 0. The van der Waals surface area contributed by atoms with Gasteiger partial charge in [0.15, 0.2) is 0 Å². The molecule has 6 nitrogen and oxygen atoms in total. The molecule has 0 aliphatic carbocycles. The summed E-state index contributed by atoms with van der Waals surface area (Å²) in [6.07, 6.45) is 0.385. The summed E-state index contributed by atoms with van der Waals surface area (Å²) in [6, 6.07) is 8.43. The summed E-state index contributed by atoms with van der Waals surface area (Å²) in [5.41, 5.74) is 1.85. The molecule has 1 atom stereocenters. The lowest BCUT2D eigenvalue weighted by Crippen LogP contribution is -2.13. The average Bonchev–Trinajstić information content (AvgIpc) is 3.11. The fourth-order valence-corrected chi connectivity index (χ4v) is 3.52. The molecule has 0 radical (unpaired) electrons. The van der Waals surface area contributed by atoms with E-state index in [2.05, 4.69) is 6.58 Å². The van der Waals surface area contributed by atoms with E-state index in [1.807, 2.05) is 6.92 Å². The molecule has 3 aromatic rings. The Morgan fingerprint density at radius 2 is 1.93 bits per heavy atom. The first-order valence-electron chi connectivity index (χ1n) is 8.80. The van der Waals surface area contributed by atoms with Crippen LogP contribution in [-0.2, 0) is 6.42 Å². The van der Waals surface area contributed by atoms with Crippen molar-refractivity contribution in [2.45, 2.75) is 19.4 Å². The quantitative estimate of drug-likeness (QED) is 0.543. The lowest BCUT2D eigenvalue weighted by Gasteiger charge is -2.13. The Morgan fingerprint density at radius 3 is 2.54 bits per heavy atom. The van der Waals surface area contributed by atoms with Crippen LogP contribution in [0.2, 0.25) is 0 Å². The second-order valence-corrected chi connectivity index (χ2v) is 6.76. The largest absolute Gasteiger partial charge is 0.506 e. The van der Waals surface area contributed by atoms with Crippen LogP contribution in [-0.4, -0.2) is 25.4 Å². The van der Waals surface area contributed by atoms with Crippen LogP contribution in [0.1, 0.15) is 12.5 Å². The summed E-state index contributed by atoms with van der Waals surface area (Å²) in [5, 5.41) is 11.3. The van der Waals surface area contributed by atoms with Gasteiger partial charge in [-0.15, -0.1) is 0 Å². The van der Waals surface area contributed by atoms with E-state index in [4.69, 9.17) is 18.6 Å². The third-order valence-corrected chi connectivity index (χ3v) is 4.98. The van der Waals surface area contributed by atoms with Crippen LogP contribution >= 0.6 is 0 Å². The van der Waals surface area contributed by atoms with E-state index in [0.29, 0.717) is 34.6 Å². The first kappa shape index (κ1) is 18.0. The molecule has 0 amide bonds. The maximum absolute atomic E-state index is 12.6. The molecule has 1 aliphatic heterocycles. The number of benzene rings is 2. The zero-order valence-electron chi connectivity index (χ0n) is 15.9. The van der Waals surface area contributed by atoms with Gasteiger partial charge in [0.25, 0.3) is 0 Å². The summed E-state index contributed by atoms with van der Waals surface area (Å²) in [5.74, 6) is 1.46. The van der Waals surface area contributed by atoms with Gasteiger partial charge in [0.05, 0.1) is 14.2 Å². The second-order valence-electron chi connectivity index (χ2n) is 6.76. The predicted molar refractivity (Wildman–Crippen MR) is 106 cm³/mol. The molecule has 28 heavy (non-hydrogen) atoms. The smallest absolute Gasteiger partial charge is 0.347 e. The Labute approximate surface area is 161 Å². The van der Waals surface area contributed by atoms with Gasteiger partial charge in [-0.3, -0.25) is 0 Å². The molecule has 144 valence electrons. The predicted octanol–water partition coefficient (Wildman–Crippen LogP) is 4.06. The highest BCUT2D eigenvalue weighted by molar-refractivity contribution is 5.97. The van der Waals surface area contributed by atoms with Crippen LogP contribution in [0.3, 0.4) is 0 Å². The van der Waals surface area contributed by atoms with Gasteiger partial charge in [-0.25, -0.2) is 4.79 Å². The molecular formula is C22H20O6. The van der Waals surface area contributed by atoms with Gasteiger partial charge in [-0.2, -0.15) is 0 Å². The highest BCUT2D eigenvalue weighted by Crippen LogP contribution is 2.47. The Morgan fingerprint density at radius 1 is 1.21 bits per heavy atom. The highest BCUT2D eigenvalue weighted by atomic mass is 16.5. The van der Waals surface area contributed by atoms with Gasteiger partial charge in [0, 0.05) is 18.1 Å². The molecule has 6 heteroatoms. The number of hydrogen-bond acceptors (Lipinski definition) is 6. The van der Waals surface area contributed by atoms with Crippen molar-refractivity contribution < 1.29 is 23.7 Å². The molecule has 0 fully saturated rings. The van der Waals surface area contributed by atoms with Crippen molar-refractivity contribution in [2.75, 3.05) is 14.2 Å². The minimum atomic E-state index is -0.647. The van der Waals surface area contributed by atoms with Crippen molar-refractivity contribution in [3.8, 4) is 34.1 Å². The Hall–Kier alpha value is -3.41.